The number of fused-ring (bicyclic) bond motifs is 1. The number of nitrogens with one attached hydrogen (secondary N) is 1. The van der Waals surface area contributed by atoms with Gasteiger partial charge in [-0.05, 0) is 87.2 Å². The molecule has 4 amide bonds. The molecule has 184 valence electrons. The molecule has 7 nitrogen and oxygen atoms in total. The third-order valence-electron chi connectivity index (χ3n) is 6.12. The fourth-order valence-electron chi connectivity index (χ4n) is 4.17. The molecule has 1 saturated heterocycles. The Kier molecular flexibility index (Phi) is 6.50. The minimum Gasteiger partial charge on any atom is -0.508 e. The van der Waals surface area contributed by atoms with Gasteiger partial charge in [-0.25, -0.2) is 9.69 Å². The Labute approximate surface area is 221 Å². The number of halogens is 1. The monoisotopic (exact) mass is 556 g/mol. The summed E-state index contributed by atoms with van der Waals surface area (Å²) in [6, 6.07) is 22.2. The number of anilines is 1. The molecule has 37 heavy (non-hydrogen) atoms. The van der Waals surface area contributed by atoms with Crippen LogP contribution in [-0.2, 0) is 16.2 Å². The molecular formula is C29H21BrN2O5. The highest BCUT2D eigenvalue weighted by Gasteiger charge is 2.36. The van der Waals surface area contributed by atoms with Crippen molar-refractivity contribution in [2.75, 3.05) is 4.90 Å². The normalized spacial score (nSPS) is 14.8. The van der Waals surface area contributed by atoms with Gasteiger partial charge in [0.15, 0.2) is 0 Å². The van der Waals surface area contributed by atoms with E-state index in [0.29, 0.717) is 22.4 Å². The summed E-state index contributed by atoms with van der Waals surface area (Å²) in [6.07, 6.45) is 1.42. The predicted molar refractivity (Wildman–Crippen MR) is 144 cm³/mol. The number of carbonyl (C=O) groups excluding carboxylic acids is 3. The summed E-state index contributed by atoms with van der Waals surface area (Å²) in [5.74, 6) is -0.951. The van der Waals surface area contributed by atoms with Gasteiger partial charge in [0.25, 0.3) is 11.8 Å². The number of aromatic hydroxyl groups is 1. The van der Waals surface area contributed by atoms with Gasteiger partial charge in [0.05, 0.1) is 10.2 Å². The minimum atomic E-state index is -0.855. The van der Waals surface area contributed by atoms with E-state index in [4.69, 9.17) is 4.74 Å². The smallest absolute Gasteiger partial charge is 0.335 e. The van der Waals surface area contributed by atoms with Crippen LogP contribution in [0.15, 0.2) is 88.9 Å². The van der Waals surface area contributed by atoms with Gasteiger partial charge in [-0.3, -0.25) is 14.9 Å². The van der Waals surface area contributed by atoms with Crippen LogP contribution in [0.3, 0.4) is 0 Å². The molecule has 1 heterocycles. The zero-order valence-electron chi connectivity index (χ0n) is 19.7. The lowest BCUT2D eigenvalue weighted by Crippen LogP contribution is -2.54. The Morgan fingerprint density at radius 2 is 1.73 bits per heavy atom. The molecule has 1 fully saturated rings. The Hall–Kier alpha value is -4.43. The van der Waals surface area contributed by atoms with E-state index in [1.54, 1.807) is 18.2 Å². The van der Waals surface area contributed by atoms with Crippen molar-refractivity contribution in [2.24, 2.45) is 0 Å². The summed E-state index contributed by atoms with van der Waals surface area (Å²) in [4.78, 5) is 38.7. The van der Waals surface area contributed by atoms with E-state index in [1.165, 1.54) is 30.3 Å². The Balaban J connectivity index is 1.39. The summed E-state index contributed by atoms with van der Waals surface area (Å²) in [5.41, 5.74) is 2.83. The molecule has 0 spiro atoms. The summed E-state index contributed by atoms with van der Waals surface area (Å²) in [5, 5.41) is 14.0. The highest BCUT2D eigenvalue weighted by Crippen LogP contribution is 2.30. The zero-order valence-corrected chi connectivity index (χ0v) is 21.3. The van der Waals surface area contributed by atoms with Crippen molar-refractivity contribution in [3.63, 3.8) is 0 Å². The second-order valence-corrected chi connectivity index (χ2v) is 9.39. The quantitative estimate of drug-likeness (QED) is 0.237. The summed E-state index contributed by atoms with van der Waals surface area (Å²) >= 11 is 3.52. The number of nitrogens with zero attached hydrogens (tertiary/aromatic N) is 1. The van der Waals surface area contributed by atoms with E-state index < -0.39 is 17.8 Å². The second kappa shape index (κ2) is 9.91. The Morgan fingerprint density at radius 1 is 0.973 bits per heavy atom. The van der Waals surface area contributed by atoms with E-state index >= 15 is 0 Å². The third kappa shape index (κ3) is 4.83. The van der Waals surface area contributed by atoms with Crippen LogP contribution in [0.5, 0.6) is 11.5 Å². The van der Waals surface area contributed by atoms with Gasteiger partial charge in [-0.15, -0.1) is 0 Å². The number of rotatable bonds is 5. The van der Waals surface area contributed by atoms with Crippen LogP contribution in [0.1, 0.15) is 16.7 Å². The molecule has 1 aliphatic heterocycles. The number of aryl methyl sites for hydroxylation is 1. The van der Waals surface area contributed by atoms with E-state index in [1.807, 2.05) is 19.1 Å². The number of phenols is 1. The molecule has 0 radical (unpaired) electrons. The highest BCUT2D eigenvalue weighted by molar-refractivity contribution is 9.10. The van der Waals surface area contributed by atoms with Crippen LogP contribution < -0.4 is 15.0 Å². The molecule has 1 aliphatic rings. The number of amides is 4. The Bertz CT molecular complexity index is 1590. The molecule has 5 rings (SSSR count). The predicted octanol–water partition coefficient (Wildman–Crippen LogP) is 5.86. The van der Waals surface area contributed by atoms with Crippen LogP contribution in [0, 0.1) is 6.92 Å². The maximum absolute atomic E-state index is 13.1. The van der Waals surface area contributed by atoms with Crippen molar-refractivity contribution in [1.29, 1.82) is 0 Å². The lowest BCUT2D eigenvalue weighted by atomic mass is 10.0. The number of carbonyl (C=O) groups is 3. The van der Waals surface area contributed by atoms with Crippen LogP contribution >= 0.6 is 15.9 Å². The molecule has 0 atom stereocenters. The van der Waals surface area contributed by atoms with Crippen molar-refractivity contribution in [2.45, 2.75) is 13.5 Å². The first-order valence-corrected chi connectivity index (χ1v) is 12.2. The van der Waals surface area contributed by atoms with E-state index in [0.717, 1.165) is 26.8 Å². The minimum absolute atomic E-state index is 0.0109. The number of urea groups is 1. The first-order chi connectivity index (χ1) is 17.8. The number of hydrogen-bond donors (Lipinski definition) is 2. The van der Waals surface area contributed by atoms with E-state index in [9.17, 15) is 19.5 Å². The summed E-state index contributed by atoms with van der Waals surface area (Å²) in [6.45, 7) is 2.42. The van der Waals surface area contributed by atoms with Crippen LogP contribution in [-0.4, -0.2) is 23.0 Å². The molecule has 0 aromatic heterocycles. The van der Waals surface area contributed by atoms with Crippen molar-refractivity contribution >= 4 is 56.3 Å². The molecular weight excluding hydrogens is 536 g/mol. The van der Waals surface area contributed by atoms with Gasteiger partial charge >= 0.3 is 6.03 Å². The van der Waals surface area contributed by atoms with Crippen molar-refractivity contribution in [3.05, 3.63) is 106 Å². The molecule has 4 aromatic rings. The lowest BCUT2D eigenvalue weighted by molar-refractivity contribution is -0.122. The molecule has 0 bridgehead atoms. The maximum atomic E-state index is 13.1. The number of hydrogen-bond acceptors (Lipinski definition) is 5. The molecule has 0 aliphatic carbocycles. The topological polar surface area (TPSA) is 95.9 Å². The molecule has 0 saturated carbocycles. The van der Waals surface area contributed by atoms with Crippen molar-refractivity contribution in [3.8, 4) is 11.5 Å². The number of barbiturate groups is 1. The van der Waals surface area contributed by atoms with Crippen molar-refractivity contribution in [1.82, 2.24) is 5.32 Å². The maximum Gasteiger partial charge on any atom is 0.335 e. The zero-order chi connectivity index (χ0) is 26.1. The first-order valence-electron chi connectivity index (χ1n) is 11.4. The van der Waals surface area contributed by atoms with Crippen LogP contribution in [0.25, 0.3) is 16.8 Å². The average molecular weight is 557 g/mol. The van der Waals surface area contributed by atoms with Gasteiger partial charge in [0.1, 0.15) is 23.7 Å². The molecule has 0 unspecified atom stereocenters. The van der Waals surface area contributed by atoms with Gasteiger partial charge in [-0.2, -0.15) is 0 Å². The van der Waals surface area contributed by atoms with E-state index in [-0.39, 0.29) is 17.0 Å². The van der Waals surface area contributed by atoms with Gasteiger partial charge in [0, 0.05) is 5.56 Å². The second-order valence-electron chi connectivity index (χ2n) is 8.53. The molecule has 2 N–H and O–H groups in total. The SMILES string of the molecule is Cc1ccc2ccccc2c1COc1ccc(/C=C2\C(=O)NC(=O)N(c3ccc(O)cc3)C2=O)cc1Br. The number of ether oxygens (including phenoxy) is 1. The molecule has 8 heteroatoms. The lowest BCUT2D eigenvalue weighted by Gasteiger charge is -2.26. The van der Waals surface area contributed by atoms with Gasteiger partial charge < -0.3 is 9.84 Å². The highest BCUT2D eigenvalue weighted by atomic mass is 79.9. The van der Waals surface area contributed by atoms with Gasteiger partial charge in [-0.1, -0.05) is 42.5 Å². The summed E-state index contributed by atoms with van der Waals surface area (Å²) in [7, 11) is 0. The average Bonchev–Trinajstić information content (AvgIpc) is 2.88. The fourth-order valence-corrected chi connectivity index (χ4v) is 4.68. The largest absolute Gasteiger partial charge is 0.508 e. The van der Waals surface area contributed by atoms with Crippen LogP contribution in [0.2, 0.25) is 0 Å². The molecule has 4 aromatic carbocycles. The van der Waals surface area contributed by atoms with Crippen molar-refractivity contribution < 1.29 is 24.2 Å². The van der Waals surface area contributed by atoms with Gasteiger partial charge in [0.2, 0.25) is 0 Å². The summed E-state index contributed by atoms with van der Waals surface area (Å²) < 4.78 is 6.76. The van der Waals surface area contributed by atoms with E-state index in [2.05, 4.69) is 45.5 Å². The number of imide groups is 2. The number of benzene rings is 4. The number of phenolic OH excluding ortho intramolecular Hbond substituents is 1. The fraction of sp³-hybridized carbons (Fsp3) is 0.0690. The first kappa shape index (κ1) is 24.3. The van der Waals surface area contributed by atoms with Crippen LogP contribution in [0.4, 0.5) is 10.5 Å². The third-order valence-corrected chi connectivity index (χ3v) is 6.74. The Morgan fingerprint density at radius 3 is 2.49 bits per heavy atom. The standard InChI is InChI=1S/C29H21BrN2O5/c1-17-6-8-19-4-2-3-5-22(19)24(17)16-37-26-13-7-18(15-25(26)30)14-23-27(34)31-29(36)32(28(23)35)20-9-11-21(33)12-10-20/h2-15,33H,16H2,1H3,(H,31,34,36)/b23-14+.